The highest BCUT2D eigenvalue weighted by atomic mass is 32.2. The molecule has 4 atom stereocenters. The van der Waals surface area contributed by atoms with E-state index in [0.717, 1.165) is 50.7 Å². The van der Waals surface area contributed by atoms with E-state index in [0.29, 0.717) is 36.6 Å². The van der Waals surface area contributed by atoms with Gasteiger partial charge in [0.05, 0.1) is 18.1 Å². The van der Waals surface area contributed by atoms with E-state index < -0.39 is 11.9 Å². The number of nitrogens with one attached hydrogen (secondary N) is 2. The Kier molecular flexibility index (Phi) is 13.6. The molecule has 0 aromatic carbocycles. The normalized spacial score (nSPS) is 22.0. The molecule has 0 bridgehead atoms. The minimum Gasteiger partial charge on any atom is -0.370 e. The fourth-order valence-electron chi connectivity index (χ4n) is 3.69. The maximum absolute atomic E-state index is 11.9. The highest BCUT2D eigenvalue weighted by Crippen LogP contribution is 2.33. The van der Waals surface area contributed by atoms with Gasteiger partial charge in [-0.05, 0) is 25.7 Å². The largest absolute Gasteiger partial charge is 0.370 e. The van der Waals surface area contributed by atoms with Crippen molar-refractivity contribution in [3.8, 4) is 0 Å². The Morgan fingerprint density at radius 3 is 2.16 bits per heavy atom. The molecule has 0 aromatic rings. The average molecular weight is 472 g/mol. The maximum atomic E-state index is 11.9. The smallest absolute Gasteiger partial charge is 0.315 e. The van der Waals surface area contributed by atoms with Gasteiger partial charge in [-0.15, -0.1) is 0 Å². The summed E-state index contributed by atoms with van der Waals surface area (Å²) in [6.45, 7) is 0. The monoisotopic (exact) mass is 471 g/mol. The van der Waals surface area contributed by atoms with E-state index in [1.807, 2.05) is 11.8 Å². The zero-order chi connectivity index (χ0) is 23.9. The van der Waals surface area contributed by atoms with Crippen molar-refractivity contribution >= 4 is 41.7 Å². The predicted octanol–water partition coefficient (Wildman–Crippen LogP) is 0.495. The first-order chi connectivity index (χ1) is 15.2. The molecule has 2 heterocycles. The van der Waals surface area contributed by atoms with Crippen LogP contribution >= 0.6 is 11.8 Å². The van der Waals surface area contributed by atoms with E-state index in [9.17, 15) is 24.0 Å². The van der Waals surface area contributed by atoms with Crippen molar-refractivity contribution < 1.29 is 24.0 Å². The number of thioether (sulfide) groups is 1. The Balaban J connectivity index is 0.000000547. The molecule has 0 unspecified atom stereocenters. The molecule has 2 aliphatic rings. The van der Waals surface area contributed by atoms with Gasteiger partial charge in [0.25, 0.3) is 0 Å². The quantitative estimate of drug-likeness (QED) is 0.130. The molecule has 182 valence electrons. The van der Waals surface area contributed by atoms with Crippen LogP contribution in [0.25, 0.3) is 0 Å². The van der Waals surface area contributed by atoms with Gasteiger partial charge in [-0.3, -0.25) is 14.4 Å². The number of aldehydes is 1. The molecule has 0 aromatic heterocycles. The molecule has 2 rings (SSSR count). The molecule has 2 aliphatic heterocycles. The first kappa shape index (κ1) is 27.9. The Morgan fingerprint density at radius 1 is 0.969 bits per heavy atom. The summed E-state index contributed by atoms with van der Waals surface area (Å²) in [6, 6.07) is -0.226. The third-order valence-electron chi connectivity index (χ3n) is 5.37. The molecule has 2 fully saturated rings. The number of unbranched alkanes of at least 4 members (excludes halogenated alkanes) is 4. The second-order valence-electron chi connectivity index (χ2n) is 8.26. The number of primary amides is 2. The molecule has 4 amide bonds. The third-order valence-corrected chi connectivity index (χ3v) is 6.88. The van der Waals surface area contributed by atoms with Crippen LogP contribution < -0.4 is 27.8 Å². The molecule has 0 aliphatic carbocycles. The summed E-state index contributed by atoms with van der Waals surface area (Å²) in [6.07, 6.45) is 8.94. The van der Waals surface area contributed by atoms with Gasteiger partial charge >= 0.3 is 6.03 Å². The summed E-state index contributed by atoms with van der Waals surface area (Å²) in [5, 5.41) is 6.43. The van der Waals surface area contributed by atoms with Crippen LogP contribution in [-0.4, -0.2) is 59.0 Å². The first-order valence-corrected chi connectivity index (χ1v) is 12.3. The molecule has 0 saturated carbocycles. The minimum atomic E-state index is -0.729. The Bertz CT molecular complexity index is 648. The Hall–Kier alpha value is -2.14. The molecule has 8 N–H and O–H groups in total. The van der Waals surface area contributed by atoms with Crippen molar-refractivity contribution in [3.63, 3.8) is 0 Å². The Labute approximate surface area is 193 Å². The summed E-state index contributed by atoms with van der Waals surface area (Å²) in [5.74, 6) is 0.538. The van der Waals surface area contributed by atoms with Crippen molar-refractivity contribution in [2.24, 2.45) is 17.2 Å². The van der Waals surface area contributed by atoms with Crippen LogP contribution in [0.2, 0.25) is 0 Å². The van der Waals surface area contributed by atoms with Gasteiger partial charge in [0, 0.05) is 36.7 Å². The highest BCUT2D eigenvalue weighted by molar-refractivity contribution is 8.00. The van der Waals surface area contributed by atoms with Gasteiger partial charge in [-0.2, -0.15) is 11.8 Å². The number of carbonyl (C=O) groups is 5. The molecular formula is C21H37N5O5S. The lowest BCUT2D eigenvalue weighted by molar-refractivity contribution is -0.120. The van der Waals surface area contributed by atoms with Crippen LogP contribution in [-0.2, 0) is 19.2 Å². The fraction of sp³-hybridized carbons (Fsp3) is 0.762. The lowest BCUT2D eigenvalue weighted by Crippen LogP contribution is -2.36. The first-order valence-electron chi connectivity index (χ1n) is 11.2. The summed E-state index contributed by atoms with van der Waals surface area (Å²) in [4.78, 5) is 53.4. The Morgan fingerprint density at radius 2 is 1.59 bits per heavy atom. The molecular weight excluding hydrogens is 434 g/mol. The lowest BCUT2D eigenvalue weighted by atomic mass is 10.0. The molecule has 10 nitrogen and oxygen atoms in total. The SMILES string of the molecule is NC(=O)CCCCCCC(=O)CCCC[C@@H]1SC[C@H]2NC(=O)N[C@@H]12.NC(=O)C[C@H](N)C=O. The average Bonchev–Trinajstić information content (AvgIpc) is 3.27. The van der Waals surface area contributed by atoms with Gasteiger partial charge in [0.1, 0.15) is 12.1 Å². The number of ketones is 1. The molecule has 32 heavy (non-hydrogen) atoms. The van der Waals surface area contributed by atoms with Gasteiger partial charge in [-0.25, -0.2) is 4.79 Å². The number of rotatable bonds is 15. The second kappa shape index (κ2) is 15.6. The maximum Gasteiger partial charge on any atom is 0.315 e. The highest BCUT2D eigenvalue weighted by Gasteiger charge is 2.42. The summed E-state index contributed by atoms with van der Waals surface area (Å²) in [7, 11) is 0. The second-order valence-corrected chi connectivity index (χ2v) is 9.53. The van der Waals surface area contributed by atoms with E-state index in [2.05, 4.69) is 10.6 Å². The van der Waals surface area contributed by atoms with Gasteiger partial charge in [0.2, 0.25) is 11.8 Å². The number of hydrogen-bond donors (Lipinski definition) is 5. The standard InChI is InChI=1S/C17H29N3O3S.C4H8N2O2/c18-15(22)10-4-2-1-3-7-12(21)8-5-6-9-14-16-13(11-24-14)19-17(23)20-16;5-3(2-7)1-4(6)8/h13-14,16H,1-11H2,(H2,18,22)(H2,19,20,23);2-3H,1,5H2,(H2,6,8)/t13-,14+,16-;3-/m10/s1. The number of urea groups is 1. The number of carbonyl (C=O) groups excluding carboxylic acids is 5. The van der Waals surface area contributed by atoms with Gasteiger partial charge < -0.3 is 32.6 Å². The van der Waals surface area contributed by atoms with Crippen molar-refractivity contribution in [1.82, 2.24) is 10.6 Å². The predicted molar refractivity (Wildman–Crippen MR) is 124 cm³/mol. The van der Waals surface area contributed by atoms with E-state index >= 15 is 0 Å². The molecule has 0 radical (unpaired) electrons. The van der Waals surface area contributed by atoms with Crippen molar-refractivity contribution in [2.45, 2.75) is 94.0 Å². The number of amides is 4. The number of hydrogen-bond acceptors (Lipinski definition) is 7. The summed E-state index contributed by atoms with van der Waals surface area (Å²) < 4.78 is 0. The van der Waals surface area contributed by atoms with Crippen LogP contribution in [0.4, 0.5) is 4.79 Å². The zero-order valence-corrected chi connectivity index (χ0v) is 19.4. The number of Topliss-reactive ketones (excluding diaryl/α,β-unsaturated/α-hetero) is 1. The van der Waals surface area contributed by atoms with Crippen LogP contribution in [0, 0.1) is 0 Å². The van der Waals surface area contributed by atoms with E-state index in [1.54, 1.807) is 0 Å². The van der Waals surface area contributed by atoms with Crippen LogP contribution in [0.5, 0.6) is 0 Å². The van der Waals surface area contributed by atoms with E-state index in [-0.39, 0.29) is 30.4 Å². The summed E-state index contributed by atoms with van der Waals surface area (Å²) in [5.41, 5.74) is 14.8. The number of nitrogens with two attached hydrogens (primary N) is 3. The van der Waals surface area contributed by atoms with Crippen LogP contribution in [0.15, 0.2) is 0 Å². The van der Waals surface area contributed by atoms with E-state index in [1.165, 1.54) is 0 Å². The zero-order valence-electron chi connectivity index (χ0n) is 18.6. The van der Waals surface area contributed by atoms with Crippen LogP contribution in [0.3, 0.4) is 0 Å². The van der Waals surface area contributed by atoms with Crippen LogP contribution in [0.1, 0.15) is 70.6 Å². The van der Waals surface area contributed by atoms with Crippen molar-refractivity contribution in [3.05, 3.63) is 0 Å². The van der Waals surface area contributed by atoms with E-state index in [4.69, 9.17) is 17.2 Å². The molecule has 0 spiro atoms. The topological polar surface area (TPSA) is 187 Å². The molecule has 11 heteroatoms. The summed E-state index contributed by atoms with van der Waals surface area (Å²) >= 11 is 1.92. The van der Waals surface area contributed by atoms with Gasteiger partial charge in [-0.1, -0.05) is 19.3 Å². The van der Waals surface area contributed by atoms with Crippen molar-refractivity contribution in [1.29, 1.82) is 0 Å². The van der Waals surface area contributed by atoms with Crippen molar-refractivity contribution in [2.75, 3.05) is 5.75 Å². The lowest BCUT2D eigenvalue weighted by Gasteiger charge is -2.16. The fourth-order valence-corrected chi connectivity index (χ4v) is 5.23. The number of fused-ring (bicyclic) bond motifs is 1. The van der Waals surface area contributed by atoms with Gasteiger partial charge in [0.15, 0.2) is 0 Å². The molecule has 2 saturated heterocycles. The third kappa shape index (κ3) is 12.0. The minimum absolute atomic E-state index is 0.0405.